The normalized spacial score (nSPS) is 34.5. The number of hydrogen-bond donors (Lipinski definition) is 2. The Hall–Kier alpha value is -1.25. The van der Waals surface area contributed by atoms with Crippen molar-refractivity contribution in [1.29, 1.82) is 0 Å². The van der Waals surface area contributed by atoms with Crippen molar-refractivity contribution in [1.82, 2.24) is 9.55 Å². The van der Waals surface area contributed by atoms with Crippen LogP contribution < -0.4 is 11.4 Å². The number of aromatic nitrogens is 2. The summed E-state index contributed by atoms with van der Waals surface area (Å²) in [7, 11) is -3.57. The van der Waals surface area contributed by atoms with Gasteiger partial charge in [-0.1, -0.05) is 0 Å². The predicted octanol–water partition coefficient (Wildman–Crippen LogP) is -0.678. The summed E-state index contributed by atoms with van der Waals surface area (Å²) in [5.41, 5.74) is 4.89. The van der Waals surface area contributed by atoms with Gasteiger partial charge < -0.3 is 24.6 Å². The SMILES string of the molecule is CP(=O)(O)OC[C@H]1O[C@@H](n2ccc(N)nc2=O)[C@H]2O[C@H]21. The average Bonchev–Trinajstić information content (AvgIpc) is 3.03. The molecule has 10 heteroatoms. The molecule has 5 atom stereocenters. The lowest BCUT2D eigenvalue weighted by Crippen LogP contribution is -2.31. The molecular formula is C10H14N3O6P. The Kier molecular flexibility index (Phi) is 3.19. The molecule has 1 unspecified atom stereocenters. The molecule has 0 saturated carbocycles. The smallest absolute Gasteiger partial charge is 0.351 e. The first-order valence-corrected chi connectivity index (χ1v) is 7.98. The van der Waals surface area contributed by atoms with Gasteiger partial charge in [-0.05, 0) is 6.07 Å². The summed E-state index contributed by atoms with van der Waals surface area (Å²) in [5, 5.41) is 0. The van der Waals surface area contributed by atoms with Crippen LogP contribution in [-0.2, 0) is 18.6 Å². The van der Waals surface area contributed by atoms with Crippen molar-refractivity contribution in [3.63, 3.8) is 0 Å². The van der Waals surface area contributed by atoms with Crippen LogP contribution in [0.2, 0.25) is 0 Å². The third-order valence-corrected chi connectivity index (χ3v) is 3.76. The van der Waals surface area contributed by atoms with E-state index in [1.165, 1.54) is 16.8 Å². The first-order valence-electron chi connectivity index (χ1n) is 5.95. The summed E-state index contributed by atoms with van der Waals surface area (Å²) < 4.78 is 28.2. The van der Waals surface area contributed by atoms with Gasteiger partial charge in [0, 0.05) is 12.9 Å². The highest BCUT2D eigenvalue weighted by molar-refractivity contribution is 7.51. The maximum absolute atomic E-state index is 11.7. The number of anilines is 1. The van der Waals surface area contributed by atoms with Gasteiger partial charge in [-0.15, -0.1) is 0 Å². The molecule has 0 aliphatic carbocycles. The van der Waals surface area contributed by atoms with Gasteiger partial charge in [0.15, 0.2) is 6.23 Å². The molecule has 2 aliphatic heterocycles. The zero-order valence-electron chi connectivity index (χ0n) is 10.6. The van der Waals surface area contributed by atoms with E-state index >= 15 is 0 Å². The van der Waals surface area contributed by atoms with Crippen molar-refractivity contribution >= 4 is 13.4 Å². The highest BCUT2D eigenvalue weighted by atomic mass is 31.2. The van der Waals surface area contributed by atoms with E-state index in [1.54, 1.807) is 0 Å². The van der Waals surface area contributed by atoms with Crippen molar-refractivity contribution in [3.8, 4) is 0 Å². The van der Waals surface area contributed by atoms with Crippen LogP contribution in [-0.4, -0.2) is 46.0 Å². The van der Waals surface area contributed by atoms with Gasteiger partial charge in [0.05, 0.1) is 6.61 Å². The molecule has 2 aliphatic rings. The van der Waals surface area contributed by atoms with Crippen molar-refractivity contribution < 1.29 is 23.5 Å². The van der Waals surface area contributed by atoms with Crippen LogP contribution in [0.15, 0.2) is 17.1 Å². The molecule has 1 aromatic heterocycles. The first kappa shape index (κ1) is 13.7. The van der Waals surface area contributed by atoms with Gasteiger partial charge in [-0.2, -0.15) is 4.98 Å². The lowest BCUT2D eigenvalue weighted by atomic mass is 10.2. The topological polar surface area (TPSA) is 129 Å². The second-order valence-corrected chi connectivity index (χ2v) is 6.64. The molecule has 1 aromatic rings. The van der Waals surface area contributed by atoms with Gasteiger partial charge in [-0.3, -0.25) is 9.13 Å². The van der Waals surface area contributed by atoms with E-state index in [-0.39, 0.29) is 24.6 Å². The molecule has 2 fully saturated rings. The fourth-order valence-corrected chi connectivity index (χ4v) is 2.61. The minimum atomic E-state index is -3.57. The number of nitrogens with zero attached hydrogens (tertiary/aromatic N) is 2. The summed E-state index contributed by atoms with van der Waals surface area (Å²) in [4.78, 5) is 24.4. The van der Waals surface area contributed by atoms with Crippen molar-refractivity contribution in [2.75, 3.05) is 19.0 Å². The van der Waals surface area contributed by atoms with E-state index in [1.807, 2.05) is 0 Å². The molecular weight excluding hydrogens is 289 g/mol. The molecule has 110 valence electrons. The summed E-state index contributed by atoms with van der Waals surface area (Å²) in [6.45, 7) is 1.03. The standard InChI is InChI=1S/C10H14N3O6P/c1-20(15,16)17-4-5-7-8(19-7)9(18-5)13-3-2-6(11)12-10(13)14/h2-3,5,7-9H,4H2,1H3,(H,15,16)(H2,11,12,14)/t5-,7+,8+,9-/m1/s1. The number of fused-ring (bicyclic) bond motifs is 1. The third-order valence-electron chi connectivity index (χ3n) is 3.13. The lowest BCUT2D eigenvalue weighted by molar-refractivity contribution is -0.0828. The van der Waals surface area contributed by atoms with E-state index < -0.39 is 25.6 Å². The Balaban J connectivity index is 1.72. The van der Waals surface area contributed by atoms with Crippen LogP contribution in [0.4, 0.5) is 5.82 Å². The highest BCUT2D eigenvalue weighted by Gasteiger charge is 2.59. The van der Waals surface area contributed by atoms with Crippen LogP contribution in [0, 0.1) is 0 Å². The average molecular weight is 303 g/mol. The third kappa shape index (κ3) is 2.63. The minimum absolute atomic E-state index is 0.0703. The lowest BCUT2D eigenvalue weighted by Gasteiger charge is -2.19. The van der Waals surface area contributed by atoms with E-state index in [0.717, 1.165) is 6.66 Å². The van der Waals surface area contributed by atoms with Crippen LogP contribution in [0.25, 0.3) is 0 Å². The molecule has 0 bridgehead atoms. The molecule has 9 nitrogen and oxygen atoms in total. The molecule has 3 rings (SSSR count). The summed E-state index contributed by atoms with van der Waals surface area (Å²) >= 11 is 0. The van der Waals surface area contributed by atoms with E-state index in [2.05, 4.69) is 4.98 Å². The van der Waals surface area contributed by atoms with E-state index in [0.29, 0.717) is 0 Å². The Labute approximate surface area is 113 Å². The molecule has 20 heavy (non-hydrogen) atoms. The number of hydrogen-bond acceptors (Lipinski definition) is 7. The van der Waals surface area contributed by atoms with Gasteiger partial charge in [-0.25, -0.2) is 4.79 Å². The Morgan fingerprint density at radius 3 is 2.95 bits per heavy atom. The Bertz CT molecular complexity index is 628. The van der Waals surface area contributed by atoms with Crippen LogP contribution in [0.3, 0.4) is 0 Å². The van der Waals surface area contributed by atoms with Crippen molar-refractivity contribution in [2.45, 2.75) is 24.5 Å². The van der Waals surface area contributed by atoms with Crippen molar-refractivity contribution in [3.05, 3.63) is 22.7 Å². The zero-order chi connectivity index (χ0) is 14.5. The van der Waals surface area contributed by atoms with Crippen molar-refractivity contribution in [2.24, 2.45) is 0 Å². The molecule has 0 spiro atoms. The molecule has 0 radical (unpaired) electrons. The molecule has 0 aromatic carbocycles. The Morgan fingerprint density at radius 2 is 2.30 bits per heavy atom. The van der Waals surface area contributed by atoms with Crippen LogP contribution in [0.1, 0.15) is 6.23 Å². The quantitative estimate of drug-likeness (QED) is 0.553. The largest absolute Gasteiger partial charge is 0.383 e. The second kappa shape index (κ2) is 4.64. The zero-order valence-corrected chi connectivity index (χ0v) is 11.5. The summed E-state index contributed by atoms with van der Waals surface area (Å²) in [5.74, 6) is 0.129. The van der Waals surface area contributed by atoms with Gasteiger partial charge in [0.1, 0.15) is 24.1 Å². The maximum atomic E-state index is 11.7. The molecule has 3 N–H and O–H groups in total. The monoisotopic (exact) mass is 303 g/mol. The number of rotatable bonds is 4. The van der Waals surface area contributed by atoms with Gasteiger partial charge in [0.2, 0.25) is 0 Å². The predicted molar refractivity (Wildman–Crippen MR) is 67.2 cm³/mol. The highest BCUT2D eigenvalue weighted by Crippen LogP contribution is 2.46. The molecule has 2 saturated heterocycles. The number of epoxide rings is 1. The first-order chi connectivity index (χ1) is 9.35. The van der Waals surface area contributed by atoms with Gasteiger partial charge >= 0.3 is 13.3 Å². The number of ether oxygens (including phenoxy) is 2. The second-order valence-electron chi connectivity index (χ2n) is 4.77. The molecule has 0 amide bonds. The summed E-state index contributed by atoms with van der Waals surface area (Å²) in [6.07, 6.45) is -0.148. The minimum Gasteiger partial charge on any atom is -0.383 e. The van der Waals surface area contributed by atoms with Crippen LogP contribution >= 0.6 is 7.60 Å². The number of nitrogens with two attached hydrogens (primary N) is 1. The molecule has 3 heterocycles. The van der Waals surface area contributed by atoms with E-state index in [4.69, 9.17) is 24.6 Å². The summed E-state index contributed by atoms with van der Waals surface area (Å²) in [6, 6.07) is 1.49. The van der Waals surface area contributed by atoms with Crippen LogP contribution in [0.5, 0.6) is 0 Å². The fourth-order valence-electron chi connectivity index (χ4n) is 2.19. The number of nitrogen functional groups attached to an aromatic ring is 1. The maximum Gasteiger partial charge on any atom is 0.351 e. The fraction of sp³-hybridized carbons (Fsp3) is 0.600. The van der Waals surface area contributed by atoms with E-state index in [9.17, 15) is 9.36 Å². The Morgan fingerprint density at radius 1 is 1.55 bits per heavy atom. The van der Waals surface area contributed by atoms with Gasteiger partial charge in [0.25, 0.3) is 0 Å².